The van der Waals surface area contributed by atoms with Gasteiger partial charge < -0.3 is 5.32 Å². The van der Waals surface area contributed by atoms with Gasteiger partial charge in [0.1, 0.15) is 0 Å². The Kier molecular flexibility index (Phi) is 4.25. The molecule has 0 bridgehead atoms. The van der Waals surface area contributed by atoms with Crippen molar-refractivity contribution in [1.29, 1.82) is 0 Å². The number of anilines is 1. The van der Waals surface area contributed by atoms with E-state index in [0.29, 0.717) is 11.3 Å². The Morgan fingerprint density at radius 3 is 2.55 bits per heavy atom. The maximum atomic E-state index is 12.0. The molecule has 1 aromatic carbocycles. The summed E-state index contributed by atoms with van der Waals surface area (Å²) in [4.78, 5) is 27.6. The number of aryl methyl sites for hydroxylation is 1. The molecule has 0 aliphatic heterocycles. The van der Waals surface area contributed by atoms with Crippen molar-refractivity contribution in [3.8, 4) is 0 Å². The van der Waals surface area contributed by atoms with Gasteiger partial charge >= 0.3 is 0 Å². The van der Waals surface area contributed by atoms with Gasteiger partial charge in [0.25, 0.3) is 0 Å². The van der Waals surface area contributed by atoms with Crippen LogP contribution < -0.4 is 5.32 Å². The third-order valence-corrected chi connectivity index (χ3v) is 2.92. The number of nitrogens with one attached hydrogen (secondary N) is 1. The normalized spacial score (nSPS) is 10.1. The van der Waals surface area contributed by atoms with Crippen molar-refractivity contribution in [3.05, 3.63) is 59.4 Å². The number of amides is 1. The molecule has 0 saturated heterocycles. The zero-order chi connectivity index (χ0) is 14.5. The number of carbonyl (C=O) groups excluding carboxylic acids is 2. The fraction of sp³-hybridized carbons (Fsp3) is 0.188. The van der Waals surface area contributed by atoms with Crippen molar-refractivity contribution < 1.29 is 9.59 Å². The predicted molar refractivity (Wildman–Crippen MR) is 77.8 cm³/mol. The molecule has 2 aromatic rings. The molecule has 102 valence electrons. The van der Waals surface area contributed by atoms with Crippen molar-refractivity contribution in [3.63, 3.8) is 0 Å². The maximum absolute atomic E-state index is 12.0. The first-order chi connectivity index (χ1) is 9.56. The highest BCUT2D eigenvalue weighted by molar-refractivity contribution is 6.03. The highest BCUT2D eigenvalue weighted by Gasteiger charge is 2.10. The first-order valence-electron chi connectivity index (χ1n) is 6.37. The van der Waals surface area contributed by atoms with Crippen molar-refractivity contribution in [2.75, 3.05) is 5.32 Å². The molecule has 2 rings (SSSR count). The van der Waals surface area contributed by atoms with Crippen molar-refractivity contribution in [1.82, 2.24) is 4.98 Å². The summed E-state index contributed by atoms with van der Waals surface area (Å²) in [6.07, 6.45) is 1.92. The third-order valence-electron chi connectivity index (χ3n) is 2.92. The molecule has 0 spiro atoms. The topological polar surface area (TPSA) is 59.1 Å². The lowest BCUT2D eigenvalue weighted by Gasteiger charge is -2.09. The molecule has 4 heteroatoms. The Labute approximate surface area is 117 Å². The van der Waals surface area contributed by atoms with Crippen LogP contribution in [0.4, 0.5) is 5.69 Å². The van der Waals surface area contributed by atoms with Gasteiger partial charge in [-0.25, -0.2) is 0 Å². The molecule has 0 unspecified atom stereocenters. The molecule has 0 aliphatic rings. The summed E-state index contributed by atoms with van der Waals surface area (Å²) in [5.41, 5.74) is 2.82. The van der Waals surface area contributed by atoms with Crippen LogP contribution in [0.5, 0.6) is 0 Å². The van der Waals surface area contributed by atoms with Crippen molar-refractivity contribution in [2.45, 2.75) is 20.3 Å². The fourth-order valence-corrected chi connectivity index (χ4v) is 1.88. The second-order valence-corrected chi connectivity index (χ2v) is 4.63. The largest absolute Gasteiger partial charge is 0.325 e. The summed E-state index contributed by atoms with van der Waals surface area (Å²) in [5.74, 6) is -0.234. The molecule has 0 radical (unpaired) electrons. The zero-order valence-electron chi connectivity index (χ0n) is 11.5. The molecule has 1 aromatic heterocycles. The summed E-state index contributed by atoms with van der Waals surface area (Å²) < 4.78 is 0. The van der Waals surface area contributed by atoms with E-state index in [1.165, 1.54) is 6.92 Å². The molecule has 20 heavy (non-hydrogen) atoms. The minimum absolute atomic E-state index is 0.0714. The first kappa shape index (κ1) is 13.9. The number of rotatable bonds is 4. The molecule has 1 amide bonds. The highest BCUT2D eigenvalue weighted by Crippen LogP contribution is 2.16. The van der Waals surface area contributed by atoms with E-state index in [1.807, 2.05) is 19.1 Å². The third kappa shape index (κ3) is 3.51. The number of Topliss-reactive ketones (excluding diaryl/α,β-unsaturated/α-hetero) is 1. The van der Waals surface area contributed by atoms with Crippen molar-refractivity contribution in [2.24, 2.45) is 0 Å². The summed E-state index contributed by atoms with van der Waals surface area (Å²) in [5, 5.41) is 2.77. The van der Waals surface area contributed by atoms with E-state index in [2.05, 4.69) is 10.3 Å². The fourth-order valence-electron chi connectivity index (χ4n) is 1.88. The standard InChI is InChI=1S/C16H16N2O2/c1-11-7-8-13(10-17-11)9-16(20)18-15-6-4-3-5-14(15)12(2)19/h3-8,10H,9H2,1-2H3,(H,18,20). The van der Waals surface area contributed by atoms with Crippen LogP contribution in [0.25, 0.3) is 0 Å². The number of aromatic nitrogens is 1. The van der Waals surface area contributed by atoms with Crippen LogP contribution in [0.15, 0.2) is 42.6 Å². The summed E-state index contributed by atoms with van der Waals surface area (Å²) >= 11 is 0. The van der Waals surface area contributed by atoms with Gasteiger partial charge in [0.15, 0.2) is 5.78 Å². The van der Waals surface area contributed by atoms with Gasteiger partial charge in [0.05, 0.1) is 12.1 Å². The molecule has 0 fully saturated rings. The number of carbonyl (C=O) groups is 2. The predicted octanol–water partition coefficient (Wildman–Crippen LogP) is 2.77. The van der Waals surface area contributed by atoms with E-state index in [0.717, 1.165) is 11.3 Å². The van der Waals surface area contributed by atoms with Crippen LogP contribution in [0.1, 0.15) is 28.5 Å². The van der Waals surface area contributed by atoms with E-state index in [-0.39, 0.29) is 18.1 Å². The molecular formula is C16H16N2O2. The van der Waals surface area contributed by atoms with E-state index >= 15 is 0 Å². The van der Waals surface area contributed by atoms with Crippen LogP contribution in [-0.2, 0) is 11.2 Å². The van der Waals surface area contributed by atoms with Crippen LogP contribution in [0.2, 0.25) is 0 Å². The summed E-state index contributed by atoms with van der Waals surface area (Å²) in [7, 11) is 0. The number of nitrogens with zero attached hydrogens (tertiary/aromatic N) is 1. The van der Waals surface area contributed by atoms with Gasteiger partial charge in [-0.1, -0.05) is 18.2 Å². The van der Waals surface area contributed by atoms with Gasteiger partial charge in [0, 0.05) is 17.5 Å². The molecule has 1 heterocycles. The van der Waals surface area contributed by atoms with Gasteiger partial charge in [-0.05, 0) is 37.6 Å². The maximum Gasteiger partial charge on any atom is 0.228 e. The quantitative estimate of drug-likeness (QED) is 0.867. The molecule has 4 nitrogen and oxygen atoms in total. The zero-order valence-corrected chi connectivity index (χ0v) is 11.5. The Hall–Kier alpha value is -2.49. The second kappa shape index (κ2) is 6.10. The average molecular weight is 268 g/mol. The number of hydrogen-bond donors (Lipinski definition) is 1. The van der Waals surface area contributed by atoms with Crippen LogP contribution in [-0.4, -0.2) is 16.7 Å². The minimum Gasteiger partial charge on any atom is -0.325 e. The van der Waals surface area contributed by atoms with Crippen LogP contribution in [0.3, 0.4) is 0 Å². The van der Waals surface area contributed by atoms with E-state index in [4.69, 9.17) is 0 Å². The van der Waals surface area contributed by atoms with Gasteiger partial charge in [-0.3, -0.25) is 14.6 Å². The lowest BCUT2D eigenvalue weighted by molar-refractivity contribution is -0.115. The molecule has 1 N–H and O–H groups in total. The van der Waals surface area contributed by atoms with Gasteiger partial charge in [-0.15, -0.1) is 0 Å². The highest BCUT2D eigenvalue weighted by atomic mass is 16.1. The lowest BCUT2D eigenvalue weighted by Crippen LogP contribution is -2.16. The SMILES string of the molecule is CC(=O)c1ccccc1NC(=O)Cc1ccc(C)nc1. The number of ketones is 1. The lowest BCUT2D eigenvalue weighted by atomic mass is 10.1. The molecule has 0 atom stereocenters. The van der Waals surface area contributed by atoms with Gasteiger partial charge in [0.2, 0.25) is 5.91 Å². The summed E-state index contributed by atoms with van der Waals surface area (Å²) in [6, 6.07) is 10.7. The number of pyridine rings is 1. The van der Waals surface area contributed by atoms with Crippen LogP contribution in [0, 0.1) is 6.92 Å². The number of para-hydroxylation sites is 1. The van der Waals surface area contributed by atoms with E-state index < -0.39 is 0 Å². The van der Waals surface area contributed by atoms with Gasteiger partial charge in [-0.2, -0.15) is 0 Å². The van der Waals surface area contributed by atoms with E-state index in [1.54, 1.807) is 30.5 Å². The number of benzene rings is 1. The Morgan fingerprint density at radius 1 is 1.15 bits per heavy atom. The average Bonchev–Trinajstić information content (AvgIpc) is 2.41. The van der Waals surface area contributed by atoms with Crippen LogP contribution >= 0.6 is 0 Å². The van der Waals surface area contributed by atoms with E-state index in [9.17, 15) is 9.59 Å². The molecular weight excluding hydrogens is 252 g/mol. The Balaban J connectivity index is 2.08. The number of hydrogen-bond acceptors (Lipinski definition) is 3. The minimum atomic E-state index is -0.163. The smallest absolute Gasteiger partial charge is 0.228 e. The Morgan fingerprint density at radius 2 is 1.90 bits per heavy atom. The van der Waals surface area contributed by atoms with Crippen molar-refractivity contribution >= 4 is 17.4 Å². The summed E-state index contributed by atoms with van der Waals surface area (Å²) in [6.45, 7) is 3.38. The Bertz CT molecular complexity index is 633. The second-order valence-electron chi connectivity index (χ2n) is 4.63. The molecule has 0 saturated carbocycles. The monoisotopic (exact) mass is 268 g/mol. The molecule has 0 aliphatic carbocycles. The first-order valence-corrected chi connectivity index (χ1v) is 6.37.